The molecule has 1 aliphatic rings. The van der Waals surface area contributed by atoms with Crippen molar-refractivity contribution in [1.82, 2.24) is 10.2 Å². The fraction of sp³-hybridized carbons (Fsp3) is 0.846. The van der Waals surface area contributed by atoms with Crippen LogP contribution in [-0.2, 0) is 9.53 Å². The largest absolute Gasteiger partial charge is 0.481 e. The van der Waals surface area contributed by atoms with Crippen molar-refractivity contribution in [3.8, 4) is 0 Å². The molecule has 6 nitrogen and oxygen atoms in total. The van der Waals surface area contributed by atoms with E-state index in [0.717, 1.165) is 32.3 Å². The van der Waals surface area contributed by atoms with Crippen LogP contribution in [0.2, 0.25) is 0 Å². The van der Waals surface area contributed by atoms with E-state index in [1.807, 2.05) is 0 Å². The molecular weight excluding hydrogens is 248 g/mol. The summed E-state index contributed by atoms with van der Waals surface area (Å²) in [6.45, 7) is 2.69. The number of methoxy groups -OCH3 is 1. The Balaban J connectivity index is 2.12. The molecule has 0 saturated carbocycles. The zero-order valence-electron chi connectivity index (χ0n) is 11.6. The summed E-state index contributed by atoms with van der Waals surface area (Å²) in [5, 5.41) is 11.6. The van der Waals surface area contributed by atoms with Gasteiger partial charge in [-0.15, -0.1) is 0 Å². The molecule has 2 amide bonds. The first-order valence-electron chi connectivity index (χ1n) is 6.87. The average molecular weight is 272 g/mol. The summed E-state index contributed by atoms with van der Waals surface area (Å²) in [5.41, 5.74) is 0. The number of urea groups is 1. The normalized spacial score (nSPS) is 16.4. The van der Waals surface area contributed by atoms with Gasteiger partial charge in [0.15, 0.2) is 0 Å². The number of carboxylic acids is 1. The maximum atomic E-state index is 11.8. The highest BCUT2D eigenvalue weighted by Gasteiger charge is 2.23. The van der Waals surface area contributed by atoms with Crippen molar-refractivity contribution in [2.24, 2.45) is 5.92 Å². The summed E-state index contributed by atoms with van der Waals surface area (Å²) < 4.78 is 4.94. The first kappa shape index (κ1) is 15.8. The van der Waals surface area contributed by atoms with Crippen molar-refractivity contribution in [1.29, 1.82) is 0 Å². The average Bonchev–Trinajstić information content (AvgIpc) is 2.38. The fourth-order valence-corrected chi connectivity index (χ4v) is 2.27. The van der Waals surface area contributed by atoms with Gasteiger partial charge in [0.25, 0.3) is 0 Å². The number of aliphatic carboxylic acids is 1. The van der Waals surface area contributed by atoms with Gasteiger partial charge in [-0.05, 0) is 31.6 Å². The van der Waals surface area contributed by atoms with Crippen LogP contribution in [0.5, 0.6) is 0 Å². The van der Waals surface area contributed by atoms with E-state index in [1.54, 1.807) is 12.0 Å². The monoisotopic (exact) mass is 272 g/mol. The van der Waals surface area contributed by atoms with Gasteiger partial charge in [-0.1, -0.05) is 0 Å². The number of carbonyl (C=O) groups excluding carboxylic acids is 1. The molecular formula is C13H24N2O4. The van der Waals surface area contributed by atoms with Crippen LogP contribution >= 0.6 is 0 Å². The van der Waals surface area contributed by atoms with E-state index in [0.29, 0.717) is 19.6 Å². The molecule has 6 heteroatoms. The molecule has 19 heavy (non-hydrogen) atoms. The summed E-state index contributed by atoms with van der Waals surface area (Å²) >= 11 is 0. The van der Waals surface area contributed by atoms with Crippen LogP contribution in [0.4, 0.5) is 4.79 Å². The van der Waals surface area contributed by atoms with Gasteiger partial charge in [-0.25, -0.2) is 4.79 Å². The highest BCUT2D eigenvalue weighted by Crippen LogP contribution is 2.20. The number of likely N-dealkylation sites (tertiary alicyclic amines) is 1. The Bertz CT molecular complexity index is 288. The molecule has 1 heterocycles. The Morgan fingerprint density at radius 1 is 1.32 bits per heavy atom. The second-order valence-corrected chi connectivity index (χ2v) is 4.96. The standard InChI is InChI=1S/C13H24N2O4/c1-19-9-3-2-6-14-13(18)15-7-4-11(5-8-15)10-12(16)17/h11H,2-10H2,1H3,(H,14,18)(H,16,17). The lowest BCUT2D eigenvalue weighted by Crippen LogP contribution is -2.44. The second-order valence-electron chi connectivity index (χ2n) is 4.96. The second kappa shape index (κ2) is 8.74. The maximum Gasteiger partial charge on any atom is 0.317 e. The third-order valence-electron chi connectivity index (χ3n) is 3.42. The number of nitrogens with zero attached hydrogens (tertiary/aromatic N) is 1. The number of carbonyl (C=O) groups is 2. The molecule has 0 aromatic carbocycles. The first-order chi connectivity index (χ1) is 9.13. The lowest BCUT2D eigenvalue weighted by atomic mass is 9.94. The molecule has 1 saturated heterocycles. The Morgan fingerprint density at radius 2 is 2.00 bits per heavy atom. The van der Waals surface area contributed by atoms with Gasteiger partial charge in [0.1, 0.15) is 0 Å². The number of hydrogen-bond donors (Lipinski definition) is 2. The summed E-state index contributed by atoms with van der Waals surface area (Å²) in [4.78, 5) is 24.2. The van der Waals surface area contributed by atoms with Crippen LogP contribution < -0.4 is 5.32 Å². The fourth-order valence-electron chi connectivity index (χ4n) is 2.27. The molecule has 0 aliphatic carbocycles. The van der Waals surface area contributed by atoms with Gasteiger partial charge in [0, 0.05) is 39.8 Å². The minimum atomic E-state index is -0.749. The van der Waals surface area contributed by atoms with Crippen LogP contribution in [0, 0.1) is 5.92 Å². The van der Waals surface area contributed by atoms with Crippen molar-refractivity contribution < 1.29 is 19.4 Å². The Labute approximate surface area is 114 Å². The predicted molar refractivity (Wildman–Crippen MR) is 71.1 cm³/mol. The Hall–Kier alpha value is -1.30. The Kier molecular flexibility index (Phi) is 7.25. The zero-order chi connectivity index (χ0) is 14.1. The van der Waals surface area contributed by atoms with Gasteiger partial charge in [-0.3, -0.25) is 4.79 Å². The lowest BCUT2D eigenvalue weighted by molar-refractivity contribution is -0.138. The van der Waals surface area contributed by atoms with Crippen molar-refractivity contribution >= 4 is 12.0 Å². The molecule has 1 rings (SSSR count). The van der Waals surface area contributed by atoms with Gasteiger partial charge in [-0.2, -0.15) is 0 Å². The molecule has 0 spiro atoms. The lowest BCUT2D eigenvalue weighted by Gasteiger charge is -2.31. The van der Waals surface area contributed by atoms with Crippen molar-refractivity contribution in [2.45, 2.75) is 32.1 Å². The highest BCUT2D eigenvalue weighted by molar-refractivity contribution is 5.74. The molecule has 110 valence electrons. The van der Waals surface area contributed by atoms with E-state index in [-0.39, 0.29) is 18.4 Å². The van der Waals surface area contributed by atoms with Crippen LogP contribution in [0.25, 0.3) is 0 Å². The predicted octanol–water partition coefficient (Wildman–Crippen LogP) is 1.31. The molecule has 2 N–H and O–H groups in total. The van der Waals surface area contributed by atoms with Gasteiger partial charge < -0.3 is 20.1 Å². The third-order valence-corrected chi connectivity index (χ3v) is 3.42. The number of nitrogens with one attached hydrogen (secondary N) is 1. The van der Waals surface area contributed by atoms with Crippen LogP contribution in [0.3, 0.4) is 0 Å². The molecule has 1 aliphatic heterocycles. The molecule has 1 fully saturated rings. The minimum Gasteiger partial charge on any atom is -0.481 e. The van der Waals surface area contributed by atoms with Gasteiger partial charge in [0.05, 0.1) is 0 Å². The van der Waals surface area contributed by atoms with E-state index in [4.69, 9.17) is 9.84 Å². The summed E-state index contributed by atoms with van der Waals surface area (Å²) in [7, 11) is 1.67. The molecule has 0 unspecified atom stereocenters. The van der Waals surface area contributed by atoms with E-state index in [9.17, 15) is 9.59 Å². The third kappa shape index (κ3) is 6.42. The number of rotatable bonds is 7. The van der Waals surface area contributed by atoms with Crippen molar-refractivity contribution in [2.75, 3.05) is 33.4 Å². The Morgan fingerprint density at radius 3 is 2.58 bits per heavy atom. The van der Waals surface area contributed by atoms with Crippen LogP contribution in [-0.4, -0.2) is 55.4 Å². The molecule has 0 aromatic heterocycles. The van der Waals surface area contributed by atoms with Crippen molar-refractivity contribution in [3.63, 3.8) is 0 Å². The molecule has 0 radical (unpaired) electrons. The number of piperidine rings is 1. The molecule has 0 atom stereocenters. The summed E-state index contributed by atoms with van der Waals surface area (Å²) in [5.74, 6) is -0.538. The van der Waals surface area contributed by atoms with E-state index < -0.39 is 5.97 Å². The van der Waals surface area contributed by atoms with Crippen molar-refractivity contribution in [3.05, 3.63) is 0 Å². The highest BCUT2D eigenvalue weighted by atomic mass is 16.5. The maximum absolute atomic E-state index is 11.8. The SMILES string of the molecule is COCCCCNC(=O)N1CCC(CC(=O)O)CC1. The molecule has 0 bridgehead atoms. The quantitative estimate of drug-likeness (QED) is 0.685. The first-order valence-corrected chi connectivity index (χ1v) is 6.87. The number of carboxylic acid groups (broad SMARTS) is 1. The van der Waals surface area contributed by atoms with Crippen LogP contribution in [0.15, 0.2) is 0 Å². The van der Waals surface area contributed by atoms with Gasteiger partial charge in [0.2, 0.25) is 0 Å². The number of unbranched alkanes of at least 4 members (excludes halogenated alkanes) is 1. The topological polar surface area (TPSA) is 78.9 Å². The smallest absolute Gasteiger partial charge is 0.317 e. The zero-order valence-corrected chi connectivity index (χ0v) is 11.6. The van der Waals surface area contributed by atoms with Crippen LogP contribution in [0.1, 0.15) is 32.1 Å². The van der Waals surface area contributed by atoms with E-state index in [2.05, 4.69) is 5.32 Å². The van der Waals surface area contributed by atoms with E-state index in [1.165, 1.54) is 0 Å². The molecule has 0 aromatic rings. The number of hydrogen-bond acceptors (Lipinski definition) is 3. The summed E-state index contributed by atoms with van der Waals surface area (Å²) in [6, 6.07) is -0.0359. The summed E-state index contributed by atoms with van der Waals surface area (Å²) in [6.07, 6.45) is 3.63. The number of amides is 2. The minimum absolute atomic E-state index is 0.0359. The van der Waals surface area contributed by atoms with E-state index >= 15 is 0 Å². The number of ether oxygens (including phenoxy) is 1. The van der Waals surface area contributed by atoms with Gasteiger partial charge >= 0.3 is 12.0 Å².